The van der Waals surface area contributed by atoms with Crippen LogP contribution in [-0.4, -0.2) is 34.0 Å². The molecule has 3 rings (SSSR count). The van der Waals surface area contributed by atoms with Gasteiger partial charge in [0.05, 0.1) is 0 Å². The second kappa shape index (κ2) is 5.62. The third-order valence-electron chi connectivity index (χ3n) is 6.30. The van der Waals surface area contributed by atoms with Crippen LogP contribution in [0.15, 0.2) is 0 Å². The molecule has 4 heteroatoms. The van der Waals surface area contributed by atoms with Gasteiger partial charge in [-0.1, -0.05) is 32.6 Å². The minimum atomic E-state index is -0.804. The number of aliphatic carboxylic acids is 1. The molecule has 0 bridgehead atoms. The Hall–Kier alpha value is -1.06. The van der Waals surface area contributed by atoms with Crippen LogP contribution in [0.5, 0.6) is 0 Å². The van der Waals surface area contributed by atoms with Crippen LogP contribution in [0, 0.1) is 11.3 Å². The van der Waals surface area contributed by atoms with Gasteiger partial charge in [-0.15, -0.1) is 0 Å². The number of rotatable bonds is 3. The SMILES string of the molecule is CCC1(C(=O)N2C(C(=O)O)CC3CCCCC32)CCCC1. The van der Waals surface area contributed by atoms with E-state index in [9.17, 15) is 14.7 Å². The number of carbonyl (C=O) groups excluding carboxylic acids is 1. The molecule has 21 heavy (non-hydrogen) atoms. The van der Waals surface area contributed by atoms with Gasteiger partial charge in [0.25, 0.3) is 0 Å². The van der Waals surface area contributed by atoms with E-state index in [0.717, 1.165) is 51.4 Å². The lowest BCUT2D eigenvalue weighted by molar-refractivity contribution is -0.155. The fraction of sp³-hybridized carbons (Fsp3) is 0.882. The summed E-state index contributed by atoms with van der Waals surface area (Å²) in [5.74, 6) is -0.231. The Bertz CT molecular complexity index is 428. The van der Waals surface area contributed by atoms with Gasteiger partial charge in [0.2, 0.25) is 5.91 Å². The molecule has 1 saturated heterocycles. The Morgan fingerprint density at radius 1 is 1.14 bits per heavy atom. The molecule has 1 N–H and O–H groups in total. The molecule has 0 radical (unpaired) electrons. The topological polar surface area (TPSA) is 57.6 Å². The van der Waals surface area contributed by atoms with Gasteiger partial charge >= 0.3 is 5.97 Å². The van der Waals surface area contributed by atoms with Gasteiger partial charge in [0.15, 0.2) is 0 Å². The van der Waals surface area contributed by atoms with Crippen LogP contribution in [0.4, 0.5) is 0 Å². The van der Waals surface area contributed by atoms with E-state index in [0.29, 0.717) is 12.3 Å². The first-order valence-corrected chi connectivity index (χ1v) is 8.64. The number of carboxylic acid groups (broad SMARTS) is 1. The molecule has 1 aliphatic heterocycles. The Morgan fingerprint density at radius 3 is 2.43 bits per heavy atom. The first-order chi connectivity index (χ1) is 10.1. The predicted molar refractivity (Wildman–Crippen MR) is 79.8 cm³/mol. The van der Waals surface area contributed by atoms with Gasteiger partial charge in [-0.05, 0) is 44.4 Å². The summed E-state index contributed by atoms with van der Waals surface area (Å²) in [5, 5.41) is 9.59. The highest BCUT2D eigenvalue weighted by molar-refractivity contribution is 5.88. The third-order valence-corrected chi connectivity index (χ3v) is 6.30. The number of carbonyl (C=O) groups is 2. The molecule has 2 aliphatic carbocycles. The molecule has 0 aromatic heterocycles. The number of fused-ring (bicyclic) bond motifs is 1. The maximum absolute atomic E-state index is 13.2. The smallest absolute Gasteiger partial charge is 0.326 e. The van der Waals surface area contributed by atoms with Gasteiger partial charge < -0.3 is 10.0 Å². The van der Waals surface area contributed by atoms with Crippen molar-refractivity contribution in [3.8, 4) is 0 Å². The molecule has 2 saturated carbocycles. The van der Waals surface area contributed by atoms with Crippen molar-refractivity contribution >= 4 is 11.9 Å². The van der Waals surface area contributed by atoms with Crippen LogP contribution in [0.3, 0.4) is 0 Å². The first kappa shape index (κ1) is 14.9. The summed E-state index contributed by atoms with van der Waals surface area (Å²) in [6.45, 7) is 2.09. The van der Waals surface area contributed by atoms with Crippen molar-refractivity contribution in [3.63, 3.8) is 0 Å². The molecule has 3 aliphatic rings. The van der Waals surface area contributed by atoms with Crippen molar-refractivity contribution in [2.75, 3.05) is 0 Å². The zero-order valence-corrected chi connectivity index (χ0v) is 13.0. The van der Waals surface area contributed by atoms with Crippen LogP contribution in [0.1, 0.15) is 71.1 Å². The van der Waals surface area contributed by atoms with E-state index in [2.05, 4.69) is 6.92 Å². The fourth-order valence-corrected chi connectivity index (χ4v) is 5.02. The lowest BCUT2D eigenvalue weighted by Gasteiger charge is -2.39. The number of nitrogens with zero attached hydrogens (tertiary/aromatic N) is 1. The lowest BCUT2D eigenvalue weighted by Crippen LogP contribution is -2.51. The van der Waals surface area contributed by atoms with Crippen molar-refractivity contribution in [3.05, 3.63) is 0 Å². The van der Waals surface area contributed by atoms with Crippen LogP contribution >= 0.6 is 0 Å². The molecule has 0 aromatic rings. The molecule has 3 atom stereocenters. The van der Waals surface area contributed by atoms with E-state index >= 15 is 0 Å². The van der Waals surface area contributed by atoms with E-state index in [1.807, 2.05) is 4.90 Å². The molecule has 118 valence electrons. The van der Waals surface area contributed by atoms with E-state index in [4.69, 9.17) is 0 Å². The summed E-state index contributed by atoms with van der Waals surface area (Å²) >= 11 is 0. The highest BCUT2D eigenvalue weighted by atomic mass is 16.4. The Labute approximate surface area is 126 Å². The number of amides is 1. The molecule has 3 fully saturated rings. The monoisotopic (exact) mass is 293 g/mol. The average Bonchev–Trinajstić information content (AvgIpc) is 3.11. The summed E-state index contributed by atoms with van der Waals surface area (Å²) < 4.78 is 0. The average molecular weight is 293 g/mol. The summed E-state index contributed by atoms with van der Waals surface area (Å²) in [4.78, 5) is 26.7. The Balaban J connectivity index is 1.89. The number of likely N-dealkylation sites (tertiary alicyclic amines) is 1. The zero-order valence-electron chi connectivity index (χ0n) is 13.0. The van der Waals surface area contributed by atoms with E-state index in [-0.39, 0.29) is 17.4 Å². The molecular formula is C17H27NO3. The van der Waals surface area contributed by atoms with E-state index < -0.39 is 12.0 Å². The minimum absolute atomic E-state index is 0.157. The van der Waals surface area contributed by atoms with Gasteiger partial charge in [-0.25, -0.2) is 4.79 Å². The molecular weight excluding hydrogens is 266 g/mol. The molecule has 4 nitrogen and oxygen atoms in total. The van der Waals surface area contributed by atoms with Gasteiger partial charge in [0.1, 0.15) is 6.04 Å². The third kappa shape index (κ3) is 2.36. The highest BCUT2D eigenvalue weighted by Gasteiger charge is 2.52. The maximum Gasteiger partial charge on any atom is 0.326 e. The summed E-state index contributed by atoms with van der Waals surface area (Å²) in [5.41, 5.74) is -0.264. The number of carboxylic acids is 1. The number of hydrogen-bond donors (Lipinski definition) is 1. The van der Waals surface area contributed by atoms with E-state index in [1.165, 1.54) is 6.42 Å². The molecule has 0 aromatic carbocycles. The van der Waals surface area contributed by atoms with E-state index in [1.54, 1.807) is 0 Å². The largest absolute Gasteiger partial charge is 0.480 e. The van der Waals surface area contributed by atoms with Gasteiger partial charge in [-0.2, -0.15) is 0 Å². The van der Waals surface area contributed by atoms with Crippen molar-refractivity contribution in [1.29, 1.82) is 0 Å². The molecule has 1 amide bonds. The molecule has 3 unspecified atom stereocenters. The van der Waals surface area contributed by atoms with Crippen molar-refractivity contribution in [1.82, 2.24) is 4.90 Å². The van der Waals surface area contributed by atoms with Crippen LogP contribution in [0.2, 0.25) is 0 Å². The van der Waals surface area contributed by atoms with Crippen LogP contribution < -0.4 is 0 Å². The Kier molecular flexibility index (Phi) is 3.98. The van der Waals surface area contributed by atoms with Crippen molar-refractivity contribution < 1.29 is 14.7 Å². The van der Waals surface area contributed by atoms with Crippen molar-refractivity contribution in [2.24, 2.45) is 11.3 Å². The molecule has 1 heterocycles. The maximum atomic E-state index is 13.2. The zero-order chi connectivity index (χ0) is 15.0. The fourth-order valence-electron chi connectivity index (χ4n) is 5.02. The normalized spacial score (nSPS) is 34.7. The highest BCUT2D eigenvalue weighted by Crippen LogP contribution is 2.47. The van der Waals surface area contributed by atoms with Crippen LogP contribution in [-0.2, 0) is 9.59 Å². The number of hydrogen-bond acceptors (Lipinski definition) is 2. The van der Waals surface area contributed by atoms with Crippen molar-refractivity contribution in [2.45, 2.75) is 83.2 Å². The van der Waals surface area contributed by atoms with Gasteiger partial charge in [-0.3, -0.25) is 4.79 Å². The van der Waals surface area contributed by atoms with Crippen LogP contribution in [0.25, 0.3) is 0 Å². The summed E-state index contributed by atoms with van der Waals surface area (Å²) in [7, 11) is 0. The summed E-state index contributed by atoms with van der Waals surface area (Å²) in [6.07, 6.45) is 10.1. The van der Waals surface area contributed by atoms with Gasteiger partial charge in [0, 0.05) is 11.5 Å². The standard InChI is InChI=1S/C17H27NO3/c1-2-17(9-5-6-10-17)16(21)18-13-8-4-3-7-12(13)11-14(18)15(19)20/h12-14H,2-11H2,1H3,(H,19,20). The summed E-state index contributed by atoms with van der Waals surface area (Å²) in [6, 6.07) is -0.383. The molecule has 0 spiro atoms. The minimum Gasteiger partial charge on any atom is -0.480 e. The second-order valence-electron chi connectivity index (χ2n) is 7.26. The Morgan fingerprint density at radius 2 is 1.81 bits per heavy atom. The predicted octanol–water partition coefficient (Wildman–Crippen LogP) is 3.20. The second-order valence-corrected chi connectivity index (χ2v) is 7.26. The quantitative estimate of drug-likeness (QED) is 0.869. The first-order valence-electron chi connectivity index (χ1n) is 8.64. The lowest BCUT2D eigenvalue weighted by atomic mass is 9.80.